The Morgan fingerprint density at radius 3 is 2.33 bits per heavy atom. The molecule has 2 atom stereocenters. The third-order valence-corrected chi connectivity index (χ3v) is 7.47. The third-order valence-electron chi connectivity index (χ3n) is 6.12. The van der Waals surface area contributed by atoms with Gasteiger partial charge < -0.3 is 45.4 Å². The van der Waals surface area contributed by atoms with Gasteiger partial charge in [-0.2, -0.15) is 0 Å². The molecule has 16 heteroatoms. The van der Waals surface area contributed by atoms with E-state index in [1.807, 2.05) is 0 Å². The summed E-state index contributed by atoms with van der Waals surface area (Å²) in [6, 6.07) is 9.50. The van der Waals surface area contributed by atoms with E-state index in [0.29, 0.717) is 5.56 Å². The number of halogens is 1. The number of carbonyl (C=O) groups excluding carboxylic acids is 2. The number of amides is 2. The lowest BCUT2D eigenvalue weighted by Gasteiger charge is -2.30. The summed E-state index contributed by atoms with van der Waals surface area (Å²) in [6.45, 7) is 0. The van der Waals surface area contributed by atoms with Crippen molar-refractivity contribution in [1.29, 1.82) is 0 Å². The second-order valence-electron chi connectivity index (χ2n) is 8.76. The largest absolute Gasteiger partial charge is 0.547 e. The third kappa shape index (κ3) is 5.91. The SMILES string of the molecule is O=C(NC(C(=O)N[C@H]1Cc2cccc(C(=O)O)c2OB1O)c1ccc(P(=O)(O)O)cc1)c1ccc(O)c(O)c1Cl. The van der Waals surface area contributed by atoms with Crippen LogP contribution in [-0.4, -0.2) is 61.0 Å². The topological polar surface area (TPSA) is 223 Å². The lowest BCUT2D eigenvalue weighted by Crippen LogP contribution is -2.55. The number of hydrogen-bond donors (Lipinski definition) is 8. The van der Waals surface area contributed by atoms with Crippen molar-refractivity contribution >= 4 is 49.4 Å². The number of aromatic carboxylic acids is 1. The van der Waals surface area contributed by atoms with Crippen molar-refractivity contribution in [2.75, 3.05) is 0 Å². The molecule has 1 aliphatic heterocycles. The number of fused-ring (bicyclic) bond motifs is 1. The molecule has 8 N–H and O–H groups in total. The summed E-state index contributed by atoms with van der Waals surface area (Å²) in [5.41, 5.74) is 0.0128. The summed E-state index contributed by atoms with van der Waals surface area (Å²) < 4.78 is 17.0. The van der Waals surface area contributed by atoms with E-state index in [1.54, 1.807) is 6.07 Å². The van der Waals surface area contributed by atoms with Gasteiger partial charge >= 0.3 is 20.7 Å². The van der Waals surface area contributed by atoms with E-state index in [1.165, 1.54) is 24.3 Å². The molecule has 0 bridgehead atoms. The number of hydrogen-bond acceptors (Lipinski definition) is 8. The molecule has 3 aromatic rings. The minimum atomic E-state index is -4.61. The van der Waals surface area contributed by atoms with Crippen molar-refractivity contribution in [3.05, 3.63) is 81.9 Å². The van der Waals surface area contributed by atoms with E-state index < -0.39 is 61.0 Å². The molecule has 1 aliphatic rings. The highest BCUT2D eigenvalue weighted by Gasteiger charge is 2.39. The first-order valence-corrected chi connectivity index (χ1v) is 13.4. The van der Waals surface area contributed by atoms with Crippen molar-refractivity contribution in [3.63, 3.8) is 0 Å². The number of rotatable bonds is 7. The fourth-order valence-electron chi connectivity index (χ4n) is 4.08. The van der Waals surface area contributed by atoms with Crippen molar-refractivity contribution < 1.29 is 53.7 Å². The summed E-state index contributed by atoms with van der Waals surface area (Å²) in [4.78, 5) is 56.8. The molecule has 40 heavy (non-hydrogen) atoms. The normalized spacial score (nSPS) is 15.4. The number of carboxylic acid groups (broad SMARTS) is 1. The van der Waals surface area contributed by atoms with Crippen molar-refractivity contribution in [1.82, 2.24) is 10.6 Å². The van der Waals surface area contributed by atoms with E-state index in [4.69, 9.17) is 16.3 Å². The van der Waals surface area contributed by atoms with Crippen LogP contribution in [-0.2, 0) is 15.8 Å². The summed E-state index contributed by atoms with van der Waals surface area (Å²) in [6.07, 6.45) is -0.0289. The summed E-state index contributed by atoms with van der Waals surface area (Å²) in [7, 11) is -6.27. The molecule has 1 unspecified atom stereocenters. The van der Waals surface area contributed by atoms with E-state index >= 15 is 0 Å². The fourth-order valence-corrected chi connectivity index (χ4v) is 4.87. The Labute approximate surface area is 231 Å². The standard InChI is InChI=1S/C24H21BClN2O11P/c26-18-14(8-9-16(29)20(18)30)22(31)28-19(11-4-6-13(7-5-11)40(36,37)38)23(32)27-17-10-12-2-1-3-15(24(33)34)21(12)39-25(17)35/h1-9,17,19,29-30,35H,10H2,(H,27,32)(H,28,31)(H,33,34)(H2,36,37,38)/t17-,19?/m0/s1. The molecule has 13 nitrogen and oxygen atoms in total. The fraction of sp³-hybridized carbons (Fsp3) is 0.125. The highest BCUT2D eigenvalue weighted by molar-refractivity contribution is 7.60. The second-order valence-corrected chi connectivity index (χ2v) is 10.7. The van der Waals surface area contributed by atoms with Gasteiger partial charge in [0.05, 0.1) is 27.4 Å². The van der Waals surface area contributed by atoms with Crippen LogP contribution in [0.25, 0.3) is 0 Å². The monoisotopic (exact) mass is 590 g/mol. The van der Waals surface area contributed by atoms with Crippen LogP contribution in [0.15, 0.2) is 54.6 Å². The molecule has 0 aromatic heterocycles. The predicted molar refractivity (Wildman–Crippen MR) is 141 cm³/mol. The van der Waals surface area contributed by atoms with Gasteiger partial charge in [-0.15, -0.1) is 0 Å². The van der Waals surface area contributed by atoms with Gasteiger partial charge in [-0.3, -0.25) is 14.2 Å². The van der Waals surface area contributed by atoms with E-state index in [9.17, 15) is 49.1 Å². The number of phenolic OH excluding ortho intramolecular Hbond substituents is 2. The maximum absolute atomic E-state index is 13.4. The Kier molecular flexibility index (Phi) is 8.10. The molecule has 0 spiro atoms. The molecule has 0 aliphatic carbocycles. The number of nitrogens with one attached hydrogen (secondary N) is 2. The second kappa shape index (κ2) is 11.2. The number of carbonyl (C=O) groups is 3. The predicted octanol–water partition coefficient (Wildman–Crippen LogP) is 0.863. The van der Waals surface area contributed by atoms with Crippen LogP contribution in [0.2, 0.25) is 5.02 Å². The molecule has 0 saturated heterocycles. The van der Waals surface area contributed by atoms with E-state index in [-0.39, 0.29) is 34.2 Å². The molecular weight excluding hydrogens is 570 g/mol. The van der Waals surface area contributed by atoms with Crippen molar-refractivity contribution in [3.8, 4) is 17.2 Å². The molecule has 208 valence electrons. The maximum Gasteiger partial charge on any atom is 0.547 e. The smallest absolute Gasteiger partial charge is 0.534 e. The molecular formula is C24H21BClN2O11P. The van der Waals surface area contributed by atoms with Crippen LogP contribution < -0.4 is 20.6 Å². The van der Waals surface area contributed by atoms with Crippen LogP contribution in [0.5, 0.6) is 17.2 Å². The highest BCUT2D eigenvalue weighted by Crippen LogP contribution is 2.36. The molecule has 0 radical (unpaired) electrons. The zero-order valence-corrected chi connectivity index (χ0v) is 21.8. The number of benzene rings is 3. The first-order chi connectivity index (χ1) is 18.8. The number of aromatic hydroxyl groups is 2. The first kappa shape index (κ1) is 28.9. The molecule has 2 amide bonds. The number of para-hydroxylation sites is 1. The zero-order chi connectivity index (χ0) is 29.4. The molecule has 0 saturated carbocycles. The van der Waals surface area contributed by atoms with Crippen LogP contribution in [0.3, 0.4) is 0 Å². The Bertz CT molecular complexity index is 1550. The van der Waals surface area contributed by atoms with Crippen molar-refractivity contribution in [2.45, 2.75) is 18.4 Å². The van der Waals surface area contributed by atoms with Crippen LogP contribution in [0, 0.1) is 0 Å². The van der Waals surface area contributed by atoms with Crippen molar-refractivity contribution in [2.24, 2.45) is 0 Å². The van der Waals surface area contributed by atoms with Gasteiger partial charge in [0.25, 0.3) is 5.91 Å². The summed E-state index contributed by atoms with van der Waals surface area (Å²) in [5.74, 6) is -5.57. The zero-order valence-electron chi connectivity index (χ0n) is 20.2. The Morgan fingerprint density at radius 1 is 1.02 bits per heavy atom. The first-order valence-electron chi connectivity index (χ1n) is 11.5. The van der Waals surface area contributed by atoms with Gasteiger partial charge in [0, 0.05) is 0 Å². The van der Waals surface area contributed by atoms with E-state index in [0.717, 1.165) is 24.3 Å². The van der Waals surface area contributed by atoms with Gasteiger partial charge in [0.1, 0.15) is 11.8 Å². The van der Waals surface area contributed by atoms with E-state index in [2.05, 4.69) is 10.6 Å². The summed E-state index contributed by atoms with van der Waals surface area (Å²) in [5, 5.41) is 43.5. The van der Waals surface area contributed by atoms with Gasteiger partial charge in [-0.1, -0.05) is 35.9 Å². The minimum absolute atomic E-state index is 0.0289. The van der Waals surface area contributed by atoms with Crippen LogP contribution in [0.4, 0.5) is 0 Å². The van der Waals surface area contributed by atoms with Crippen LogP contribution in [0.1, 0.15) is 37.9 Å². The lowest BCUT2D eigenvalue weighted by molar-refractivity contribution is -0.123. The lowest BCUT2D eigenvalue weighted by atomic mass is 9.72. The molecule has 4 rings (SSSR count). The van der Waals surface area contributed by atoms with Crippen LogP contribution >= 0.6 is 19.2 Å². The molecule has 0 fully saturated rings. The maximum atomic E-state index is 13.4. The minimum Gasteiger partial charge on any atom is -0.534 e. The van der Waals surface area contributed by atoms with Gasteiger partial charge in [-0.25, -0.2) is 4.79 Å². The van der Waals surface area contributed by atoms with Gasteiger partial charge in [-0.05, 0) is 47.9 Å². The Morgan fingerprint density at radius 2 is 1.70 bits per heavy atom. The quantitative estimate of drug-likeness (QED) is 0.109. The average Bonchev–Trinajstić information content (AvgIpc) is 2.90. The summed E-state index contributed by atoms with van der Waals surface area (Å²) >= 11 is 5.98. The molecule has 3 aromatic carbocycles. The Hall–Kier alpha value is -4.07. The van der Waals surface area contributed by atoms with Gasteiger partial charge in [0.15, 0.2) is 11.5 Å². The Balaban J connectivity index is 1.64. The highest BCUT2D eigenvalue weighted by atomic mass is 35.5. The van der Waals surface area contributed by atoms with Gasteiger partial charge in [0.2, 0.25) is 5.91 Å². The number of carboxylic acids is 1. The molecule has 1 heterocycles. The average molecular weight is 591 g/mol. The number of phenols is 2.